The molecule has 1 aliphatic heterocycles. The minimum absolute atomic E-state index is 0.743. The van der Waals surface area contributed by atoms with E-state index in [2.05, 4.69) is 58.2 Å². The molecule has 8 heteroatoms. The first kappa shape index (κ1) is 21.8. The molecule has 0 spiro atoms. The molecule has 0 atom stereocenters. The van der Waals surface area contributed by atoms with E-state index < -0.39 is 0 Å². The molecule has 7 rings (SSSR count). The van der Waals surface area contributed by atoms with Gasteiger partial charge >= 0.3 is 0 Å². The van der Waals surface area contributed by atoms with Crippen molar-refractivity contribution < 1.29 is 0 Å². The Kier molecular flexibility index (Phi) is 5.44. The molecule has 0 radical (unpaired) electrons. The van der Waals surface area contributed by atoms with E-state index in [1.165, 1.54) is 24.8 Å². The monoisotopic (exact) mass is 486 g/mol. The highest BCUT2D eigenvalue weighted by molar-refractivity contribution is 5.99. The van der Waals surface area contributed by atoms with E-state index in [9.17, 15) is 0 Å². The third-order valence-electron chi connectivity index (χ3n) is 7.13. The van der Waals surface area contributed by atoms with Crippen LogP contribution < -0.4 is 0 Å². The lowest BCUT2D eigenvalue weighted by atomic mass is 10.0. The minimum Gasteiger partial charge on any atom is -0.338 e. The molecule has 182 valence electrons. The molecule has 0 aliphatic carbocycles. The van der Waals surface area contributed by atoms with Crippen molar-refractivity contribution in [3.8, 4) is 33.8 Å². The Hall–Kier alpha value is -4.43. The summed E-state index contributed by atoms with van der Waals surface area (Å²) in [5.41, 5.74) is 8.49. The van der Waals surface area contributed by atoms with Crippen molar-refractivity contribution in [2.45, 2.75) is 25.8 Å². The number of nitrogens with one attached hydrogen (secondary N) is 2. The van der Waals surface area contributed by atoms with Crippen LogP contribution in [0.25, 0.3) is 55.8 Å². The number of likely N-dealkylation sites (tertiary alicyclic amines) is 1. The van der Waals surface area contributed by atoms with Crippen LogP contribution in [0.4, 0.5) is 0 Å². The van der Waals surface area contributed by atoms with E-state index in [0.29, 0.717) is 0 Å². The summed E-state index contributed by atoms with van der Waals surface area (Å²) >= 11 is 0. The summed E-state index contributed by atoms with van der Waals surface area (Å²) in [4.78, 5) is 24.3. The van der Waals surface area contributed by atoms with E-state index in [-0.39, 0.29) is 0 Å². The summed E-state index contributed by atoms with van der Waals surface area (Å²) in [6, 6.07) is 14.4. The van der Waals surface area contributed by atoms with Crippen LogP contribution in [0, 0.1) is 0 Å². The predicted molar refractivity (Wildman–Crippen MR) is 145 cm³/mol. The van der Waals surface area contributed by atoms with Crippen molar-refractivity contribution in [2.24, 2.45) is 0 Å². The lowest BCUT2D eigenvalue weighted by molar-refractivity contribution is 0.220. The molecule has 2 N–H and O–H groups in total. The Morgan fingerprint density at radius 1 is 0.784 bits per heavy atom. The molecular formula is C29H26N8. The van der Waals surface area contributed by atoms with Crippen molar-refractivity contribution in [3.63, 3.8) is 0 Å². The van der Waals surface area contributed by atoms with Crippen LogP contribution in [0.1, 0.15) is 24.8 Å². The van der Waals surface area contributed by atoms with Crippen molar-refractivity contribution in [2.75, 3.05) is 13.1 Å². The second kappa shape index (κ2) is 9.22. The van der Waals surface area contributed by atoms with Crippen LogP contribution in [0.15, 0.2) is 73.4 Å². The van der Waals surface area contributed by atoms with Gasteiger partial charge in [0.05, 0.1) is 11.4 Å². The maximum atomic E-state index is 4.67. The molecule has 1 fully saturated rings. The number of aromatic amines is 2. The molecule has 37 heavy (non-hydrogen) atoms. The maximum Gasteiger partial charge on any atom is 0.155 e. The Bertz CT molecular complexity index is 1700. The number of pyridine rings is 4. The van der Waals surface area contributed by atoms with Gasteiger partial charge in [0.2, 0.25) is 0 Å². The van der Waals surface area contributed by atoms with Crippen LogP contribution in [-0.4, -0.2) is 53.1 Å². The third-order valence-corrected chi connectivity index (χ3v) is 7.13. The van der Waals surface area contributed by atoms with Crippen LogP contribution in [-0.2, 0) is 6.54 Å². The summed E-state index contributed by atoms with van der Waals surface area (Å²) in [7, 11) is 0. The molecule has 6 aromatic heterocycles. The summed E-state index contributed by atoms with van der Waals surface area (Å²) in [5.74, 6) is 0. The first-order chi connectivity index (χ1) is 18.3. The molecule has 0 unspecified atom stereocenters. The molecule has 0 aromatic carbocycles. The molecule has 1 aliphatic rings. The number of hydrogen-bond donors (Lipinski definition) is 2. The van der Waals surface area contributed by atoms with Gasteiger partial charge in [-0.1, -0.05) is 12.5 Å². The third kappa shape index (κ3) is 4.15. The largest absolute Gasteiger partial charge is 0.338 e. The van der Waals surface area contributed by atoms with Gasteiger partial charge < -0.3 is 4.98 Å². The predicted octanol–water partition coefficient (Wildman–Crippen LogP) is 5.61. The van der Waals surface area contributed by atoms with Gasteiger partial charge in [-0.05, 0) is 67.9 Å². The van der Waals surface area contributed by atoms with E-state index in [4.69, 9.17) is 0 Å². The summed E-state index contributed by atoms with van der Waals surface area (Å²) < 4.78 is 0. The number of fused-ring (bicyclic) bond motifs is 2. The van der Waals surface area contributed by atoms with Crippen molar-refractivity contribution in [1.82, 2.24) is 40.0 Å². The van der Waals surface area contributed by atoms with Crippen molar-refractivity contribution in [1.29, 1.82) is 0 Å². The van der Waals surface area contributed by atoms with Gasteiger partial charge in [0.25, 0.3) is 0 Å². The molecule has 1 saturated heterocycles. The Morgan fingerprint density at radius 2 is 1.70 bits per heavy atom. The fourth-order valence-electron chi connectivity index (χ4n) is 5.27. The molecule has 6 aromatic rings. The molecule has 7 heterocycles. The van der Waals surface area contributed by atoms with Crippen LogP contribution >= 0.6 is 0 Å². The summed E-state index contributed by atoms with van der Waals surface area (Å²) in [6.45, 7) is 3.27. The summed E-state index contributed by atoms with van der Waals surface area (Å²) in [5, 5.41) is 9.65. The smallest absolute Gasteiger partial charge is 0.155 e. The van der Waals surface area contributed by atoms with E-state index in [1.807, 2.05) is 42.9 Å². The van der Waals surface area contributed by atoms with Crippen LogP contribution in [0.5, 0.6) is 0 Å². The second-order valence-corrected chi connectivity index (χ2v) is 9.63. The van der Waals surface area contributed by atoms with E-state index in [0.717, 1.165) is 75.5 Å². The fourth-order valence-corrected chi connectivity index (χ4v) is 5.27. The fraction of sp³-hybridized carbons (Fsp3) is 0.207. The average molecular weight is 487 g/mol. The Labute approximate surface area is 213 Å². The highest BCUT2D eigenvalue weighted by Crippen LogP contribution is 2.33. The minimum atomic E-state index is 0.743. The Morgan fingerprint density at radius 3 is 2.59 bits per heavy atom. The molecule has 8 nitrogen and oxygen atoms in total. The summed E-state index contributed by atoms with van der Waals surface area (Å²) in [6.07, 6.45) is 13.3. The zero-order valence-corrected chi connectivity index (χ0v) is 20.4. The van der Waals surface area contributed by atoms with E-state index in [1.54, 1.807) is 12.4 Å². The van der Waals surface area contributed by atoms with Crippen LogP contribution in [0.2, 0.25) is 0 Å². The number of aromatic nitrogens is 7. The highest BCUT2D eigenvalue weighted by atomic mass is 15.2. The first-order valence-electron chi connectivity index (χ1n) is 12.7. The van der Waals surface area contributed by atoms with Gasteiger partial charge in [-0.25, -0.2) is 9.97 Å². The zero-order valence-electron chi connectivity index (χ0n) is 20.4. The average Bonchev–Trinajstić information content (AvgIpc) is 3.58. The number of rotatable bonds is 5. The standard InChI is InChI=1S/C29H26N8/c1-4-10-37(11-5-1)18-19-12-20(16-30-15-19)21-13-24-27(35-36-29(24)33-17-21)26-14-23-22(7-9-32-28(23)34-26)25-6-2-3-8-31-25/h2-3,6-9,12-17H,1,4-5,10-11,18H2,(H,32,34)(H,33,35,36). The first-order valence-corrected chi connectivity index (χ1v) is 12.7. The zero-order chi connectivity index (χ0) is 24.6. The van der Waals surface area contributed by atoms with Crippen molar-refractivity contribution in [3.05, 3.63) is 79.0 Å². The molecule has 0 bridgehead atoms. The van der Waals surface area contributed by atoms with Crippen LogP contribution in [0.3, 0.4) is 0 Å². The molecule has 0 amide bonds. The maximum absolute atomic E-state index is 4.67. The van der Waals surface area contributed by atoms with Gasteiger partial charge in [-0.2, -0.15) is 5.10 Å². The van der Waals surface area contributed by atoms with Gasteiger partial charge in [0.15, 0.2) is 5.65 Å². The number of hydrogen-bond acceptors (Lipinski definition) is 6. The van der Waals surface area contributed by atoms with Crippen molar-refractivity contribution >= 4 is 22.1 Å². The normalized spacial score (nSPS) is 14.5. The lowest BCUT2D eigenvalue weighted by Gasteiger charge is -2.26. The van der Waals surface area contributed by atoms with Gasteiger partial charge in [0.1, 0.15) is 11.3 Å². The lowest BCUT2D eigenvalue weighted by Crippen LogP contribution is -2.29. The van der Waals surface area contributed by atoms with Gasteiger partial charge in [-0.15, -0.1) is 0 Å². The SMILES string of the molecule is c1ccc(-c2ccnc3[nH]c(-c4n[nH]c5ncc(-c6cncc(CN7CCCCC7)c6)cc45)cc23)nc1. The highest BCUT2D eigenvalue weighted by Gasteiger charge is 2.16. The quantitative estimate of drug-likeness (QED) is 0.329. The number of nitrogens with zero attached hydrogens (tertiary/aromatic N) is 6. The topological polar surface area (TPSA) is 99.3 Å². The van der Waals surface area contributed by atoms with Gasteiger partial charge in [-0.3, -0.25) is 20.0 Å². The molecular weight excluding hydrogens is 460 g/mol. The van der Waals surface area contributed by atoms with E-state index >= 15 is 0 Å². The van der Waals surface area contributed by atoms with Gasteiger partial charge in [0, 0.05) is 65.0 Å². The molecule has 0 saturated carbocycles. The Balaban J connectivity index is 1.26. The number of piperidine rings is 1. The number of H-pyrrole nitrogens is 2. The second-order valence-electron chi connectivity index (χ2n) is 9.63.